The molecule has 5 nitrogen and oxygen atoms in total. The maximum Gasteiger partial charge on any atom is 0.344 e. The molecule has 0 aliphatic carbocycles. The molecule has 0 bridgehead atoms. The highest BCUT2D eigenvalue weighted by molar-refractivity contribution is 9.10. The third-order valence-electron chi connectivity index (χ3n) is 2.49. The van der Waals surface area contributed by atoms with Crippen LogP contribution in [0.4, 0.5) is 0 Å². The summed E-state index contributed by atoms with van der Waals surface area (Å²) in [5.74, 6) is 0. The molecule has 0 radical (unpaired) electrons. The summed E-state index contributed by atoms with van der Waals surface area (Å²) in [6.07, 6.45) is 0.789. The fraction of sp³-hybridized carbons (Fsp3) is 0.250. The van der Waals surface area contributed by atoms with Gasteiger partial charge in [0, 0.05) is 21.0 Å². The number of aromatic nitrogens is 3. The Bertz CT molecular complexity index is 663. The number of carbonyl (C=O) groups is 1. The molecule has 0 fully saturated rings. The Hall–Kier alpha value is -1.34. The number of hydrogen-bond acceptors (Lipinski definition) is 4. The monoisotopic (exact) mass is 341 g/mol. The van der Waals surface area contributed by atoms with Crippen LogP contribution in [0.1, 0.15) is 30.2 Å². The van der Waals surface area contributed by atoms with Crippen molar-refractivity contribution in [3.63, 3.8) is 0 Å². The molecule has 0 atom stereocenters. The molecule has 100 valence electrons. The topological polar surface area (TPSA) is 67.8 Å². The number of halogens is 1. The minimum absolute atomic E-state index is 0.00359. The van der Waals surface area contributed by atoms with E-state index in [4.69, 9.17) is 0 Å². The molecular weight excluding hydrogens is 330 g/mol. The van der Waals surface area contributed by atoms with Crippen molar-refractivity contribution < 1.29 is 4.79 Å². The minimum atomic E-state index is -0.248. The molecule has 1 aromatic heterocycles. The zero-order valence-electron chi connectivity index (χ0n) is 10.4. The lowest BCUT2D eigenvalue weighted by atomic mass is 10.2. The molecule has 1 heterocycles. The molecule has 0 saturated carbocycles. The van der Waals surface area contributed by atoms with Crippen molar-refractivity contribution in [1.29, 1.82) is 0 Å². The predicted octanol–water partition coefficient (Wildman–Crippen LogP) is 2.88. The van der Waals surface area contributed by atoms with Crippen molar-refractivity contribution in [1.82, 2.24) is 14.8 Å². The van der Waals surface area contributed by atoms with Crippen LogP contribution in [-0.4, -0.2) is 21.1 Å². The van der Waals surface area contributed by atoms with Gasteiger partial charge in [-0.2, -0.15) is 0 Å². The van der Waals surface area contributed by atoms with Crippen molar-refractivity contribution in [2.45, 2.75) is 29.9 Å². The van der Waals surface area contributed by atoms with E-state index in [1.54, 1.807) is 10.6 Å². The SMILES string of the molecule is CC(C)n1c(Sc2ccc(Br)cc2C=O)n[nH]c1=O. The minimum Gasteiger partial charge on any atom is -0.298 e. The van der Waals surface area contributed by atoms with Crippen molar-refractivity contribution >= 4 is 34.0 Å². The maximum absolute atomic E-state index is 11.6. The first kappa shape index (κ1) is 14.1. The van der Waals surface area contributed by atoms with Crippen LogP contribution in [0, 0.1) is 0 Å². The highest BCUT2D eigenvalue weighted by Gasteiger charge is 2.14. The molecule has 0 amide bonds. The summed E-state index contributed by atoms with van der Waals surface area (Å²) in [5, 5.41) is 6.96. The van der Waals surface area contributed by atoms with Crippen LogP contribution in [0.5, 0.6) is 0 Å². The Morgan fingerprint density at radius 1 is 1.47 bits per heavy atom. The summed E-state index contributed by atoms with van der Waals surface area (Å²) in [4.78, 5) is 23.5. The van der Waals surface area contributed by atoms with Crippen LogP contribution in [-0.2, 0) is 0 Å². The van der Waals surface area contributed by atoms with Crippen LogP contribution in [0.2, 0.25) is 0 Å². The average molecular weight is 342 g/mol. The number of nitrogens with zero attached hydrogens (tertiary/aromatic N) is 2. The fourth-order valence-electron chi connectivity index (χ4n) is 1.62. The van der Waals surface area contributed by atoms with E-state index in [0.29, 0.717) is 10.7 Å². The molecule has 1 N–H and O–H groups in total. The van der Waals surface area contributed by atoms with Crippen molar-refractivity contribution in [2.75, 3.05) is 0 Å². The van der Waals surface area contributed by atoms with E-state index in [2.05, 4.69) is 26.1 Å². The van der Waals surface area contributed by atoms with Crippen molar-refractivity contribution in [2.24, 2.45) is 0 Å². The van der Waals surface area contributed by atoms with E-state index >= 15 is 0 Å². The van der Waals surface area contributed by atoms with Gasteiger partial charge in [-0.1, -0.05) is 15.9 Å². The second-order valence-corrected chi connectivity index (χ2v) is 6.10. The van der Waals surface area contributed by atoms with Crippen molar-refractivity contribution in [3.05, 3.63) is 38.7 Å². The van der Waals surface area contributed by atoms with Crippen molar-refractivity contribution in [3.8, 4) is 0 Å². The Kier molecular flexibility index (Phi) is 4.26. The van der Waals surface area contributed by atoms with Gasteiger partial charge in [0.2, 0.25) is 0 Å². The molecule has 1 aromatic carbocycles. The second kappa shape index (κ2) is 5.75. The number of aromatic amines is 1. The van der Waals surface area contributed by atoms with Crippen LogP contribution in [0.15, 0.2) is 37.5 Å². The van der Waals surface area contributed by atoms with Gasteiger partial charge in [0.15, 0.2) is 11.4 Å². The number of benzene rings is 1. The average Bonchev–Trinajstić information content (AvgIpc) is 2.72. The Morgan fingerprint density at radius 3 is 2.84 bits per heavy atom. The van der Waals surface area contributed by atoms with E-state index in [1.165, 1.54) is 11.8 Å². The maximum atomic E-state index is 11.6. The van der Waals surface area contributed by atoms with Gasteiger partial charge >= 0.3 is 5.69 Å². The van der Waals surface area contributed by atoms with Gasteiger partial charge in [-0.05, 0) is 43.8 Å². The van der Waals surface area contributed by atoms with Crippen LogP contribution >= 0.6 is 27.7 Å². The lowest BCUT2D eigenvalue weighted by molar-refractivity contribution is 0.112. The van der Waals surface area contributed by atoms with E-state index < -0.39 is 0 Å². The van der Waals surface area contributed by atoms with Crippen LogP contribution in [0.25, 0.3) is 0 Å². The van der Waals surface area contributed by atoms with E-state index in [9.17, 15) is 9.59 Å². The van der Waals surface area contributed by atoms with Crippen LogP contribution in [0.3, 0.4) is 0 Å². The lowest BCUT2D eigenvalue weighted by Gasteiger charge is -2.09. The van der Waals surface area contributed by atoms with Gasteiger partial charge in [-0.15, -0.1) is 5.10 Å². The molecular formula is C12H12BrN3O2S. The molecule has 0 aliphatic heterocycles. The zero-order chi connectivity index (χ0) is 14.0. The lowest BCUT2D eigenvalue weighted by Crippen LogP contribution is -2.19. The smallest absolute Gasteiger partial charge is 0.298 e. The second-order valence-electron chi connectivity index (χ2n) is 4.18. The third-order valence-corrected chi connectivity index (χ3v) is 4.04. The number of aldehydes is 1. The van der Waals surface area contributed by atoms with E-state index in [0.717, 1.165) is 15.7 Å². The summed E-state index contributed by atoms with van der Waals surface area (Å²) < 4.78 is 2.39. The quantitative estimate of drug-likeness (QED) is 0.868. The summed E-state index contributed by atoms with van der Waals surface area (Å²) in [5.41, 5.74) is 0.312. The highest BCUT2D eigenvalue weighted by Crippen LogP contribution is 2.30. The Morgan fingerprint density at radius 2 is 2.21 bits per heavy atom. The number of nitrogens with one attached hydrogen (secondary N) is 1. The van der Waals surface area contributed by atoms with Gasteiger partial charge in [-0.3, -0.25) is 9.36 Å². The molecule has 0 unspecified atom stereocenters. The Labute approximate surface area is 122 Å². The molecule has 2 rings (SSSR count). The molecule has 0 spiro atoms. The first-order chi connectivity index (χ1) is 9.02. The number of carbonyl (C=O) groups excluding carboxylic acids is 1. The fourth-order valence-corrected chi connectivity index (χ4v) is 3.04. The van der Waals surface area contributed by atoms with Gasteiger partial charge in [0.1, 0.15) is 0 Å². The zero-order valence-corrected chi connectivity index (χ0v) is 12.8. The molecule has 2 aromatic rings. The molecule has 19 heavy (non-hydrogen) atoms. The first-order valence-electron chi connectivity index (χ1n) is 5.62. The van der Waals surface area contributed by atoms with Gasteiger partial charge in [0.05, 0.1) is 0 Å². The van der Waals surface area contributed by atoms with Gasteiger partial charge in [0.25, 0.3) is 0 Å². The number of H-pyrrole nitrogens is 1. The van der Waals surface area contributed by atoms with Crippen LogP contribution < -0.4 is 5.69 Å². The summed E-state index contributed by atoms with van der Waals surface area (Å²) in [6, 6.07) is 5.41. The largest absolute Gasteiger partial charge is 0.344 e. The summed E-state index contributed by atoms with van der Waals surface area (Å²) >= 11 is 4.61. The standard InChI is InChI=1S/C12H12BrN3O2S/c1-7(2)16-11(18)14-15-12(16)19-10-4-3-9(13)5-8(10)6-17/h3-7H,1-2H3,(H,14,18). The number of hydrogen-bond donors (Lipinski definition) is 1. The first-order valence-corrected chi connectivity index (χ1v) is 7.23. The highest BCUT2D eigenvalue weighted by atomic mass is 79.9. The van der Waals surface area contributed by atoms with Gasteiger partial charge in [-0.25, -0.2) is 9.89 Å². The van der Waals surface area contributed by atoms with E-state index in [1.807, 2.05) is 26.0 Å². The molecule has 0 aliphatic rings. The van der Waals surface area contributed by atoms with E-state index in [-0.39, 0.29) is 11.7 Å². The predicted molar refractivity (Wildman–Crippen MR) is 76.9 cm³/mol. The molecule has 0 saturated heterocycles. The summed E-state index contributed by atoms with van der Waals surface area (Å²) in [6.45, 7) is 3.81. The summed E-state index contributed by atoms with van der Waals surface area (Å²) in [7, 11) is 0. The van der Waals surface area contributed by atoms with Gasteiger partial charge < -0.3 is 0 Å². The third kappa shape index (κ3) is 2.98. The normalized spacial score (nSPS) is 10.9. The molecule has 7 heteroatoms. The number of rotatable bonds is 4. The Balaban J connectivity index is 2.42.